The van der Waals surface area contributed by atoms with Crippen LogP contribution >= 0.6 is 0 Å². The molecule has 5 rings (SSSR count). The lowest BCUT2D eigenvalue weighted by atomic mass is 9.89. The normalized spacial score (nSPS) is 23.5. The van der Waals surface area contributed by atoms with Gasteiger partial charge >= 0.3 is 5.97 Å². The van der Waals surface area contributed by atoms with E-state index in [-0.39, 0.29) is 17.0 Å². The fourth-order valence-corrected chi connectivity index (χ4v) is 5.15. The van der Waals surface area contributed by atoms with E-state index >= 15 is 4.39 Å². The minimum absolute atomic E-state index is 0.0622. The van der Waals surface area contributed by atoms with E-state index in [0.717, 1.165) is 25.7 Å². The molecule has 2 aliphatic carbocycles. The van der Waals surface area contributed by atoms with Crippen LogP contribution in [0, 0.1) is 11.7 Å². The molecule has 8 heteroatoms. The smallest absolute Gasteiger partial charge is 0.341 e. The Hall–Kier alpha value is -2.61. The average molecular weight is 444 g/mol. The predicted octanol–water partition coefficient (Wildman–Crippen LogP) is 3.54. The number of piperidine rings is 1. The maximum absolute atomic E-state index is 15.5. The highest BCUT2D eigenvalue weighted by molar-refractivity contribution is 5.97. The minimum Gasteiger partial charge on any atom is -0.492 e. The van der Waals surface area contributed by atoms with E-state index < -0.39 is 17.2 Å². The molecular formula is C24H30FN3O4. The number of nitrogens with zero attached hydrogens (tertiary/aromatic N) is 2. The number of halogens is 1. The van der Waals surface area contributed by atoms with Gasteiger partial charge in [0.15, 0.2) is 11.6 Å². The van der Waals surface area contributed by atoms with Gasteiger partial charge in [-0.2, -0.15) is 0 Å². The number of rotatable bonds is 7. The minimum atomic E-state index is -1.30. The first-order valence-electron chi connectivity index (χ1n) is 11.6. The summed E-state index contributed by atoms with van der Waals surface area (Å²) in [4.78, 5) is 26.6. The van der Waals surface area contributed by atoms with Gasteiger partial charge in [-0.05, 0) is 44.1 Å². The summed E-state index contributed by atoms with van der Waals surface area (Å²) in [7, 11) is 1.49. The highest BCUT2D eigenvalue weighted by Gasteiger charge is 2.36. The number of benzene rings is 1. The Bertz CT molecular complexity index is 1120. The highest BCUT2D eigenvalue weighted by atomic mass is 19.1. The quantitative estimate of drug-likeness (QED) is 0.681. The summed E-state index contributed by atoms with van der Waals surface area (Å²) in [6.45, 7) is 3.57. The van der Waals surface area contributed by atoms with Crippen LogP contribution in [0.2, 0.25) is 0 Å². The molecule has 0 radical (unpaired) electrons. The lowest BCUT2D eigenvalue weighted by Gasteiger charge is -2.40. The van der Waals surface area contributed by atoms with Crippen LogP contribution in [0.25, 0.3) is 10.9 Å². The maximum Gasteiger partial charge on any atom is 0.341 e. The third-order valence-electron chi connectivity index (χ3n) is 7.17. The van der Waals surface area contributed by atoms with E-state index in [1.54, 1.807) is 4.57 Å². The third kappa shape index (κ3) is 3.64. The second-order valence-corrected chi connectivity index (χ2v) is 9.40. The van der Waals surface area contributed by atoms with E-state index in [2.05, 4.69) is 12.2 Å². The number of anilines is 1. The van der Waals surface area contributed by atoms with Crippen LogP contribution in [-0.2, 0) is 0 Å². The molecule has 2 saturated carbocycles. The molecular weight excluding hydrogens is 413 g/mol. The fourth-order valence-electron chi connectivity index (χ4n) is 5.15. The summed E-state index contributed by atoms with van der Waals surface area (Å²) < 4.78 is 23.1. The summed E-state index contributed by atoms with van der Waals surface area (Å²) in [5.41, 5.74) is -0.142. The standard InChI is InChI=1S/C24H30FN3O4/c1-3-13-11-27(9-8-19(13)26-14-4-5-14)21-18(25)10-16-20(23(21)32-2)28(15-6-7-15)12-17(22(16)29)24(30)31/h10,12-15,19,26H,3-9,11H2,1-2H3,(H,30,31). The fraction of sp³-hybridized carbons (Fsp3) is 0.583. The molecule has 32 heavy (non-hydrogen) atoms. The van der Waals surface area contributed by atoms with Crippen molar-refractivity contribution in [1.82, 2.24) is 9.88 Å². The van der Waals surface area contributed by atoms with Crippen molar-refractivity contribution in [2.75, 3.05) is 25.1 Å². The lowest BCUT2D eigenvalue weighted by molar-refractivity contribution is 0.0695. The zero-order valence-corrected chi connectivity index (χ0v) is 18.6. The van der Waals surface area contributed by atoms with Crippen molar-refractivity contribution in [2.45, 2.75) is 63.6 Å². The van der Waals surface area contributed by atoms with Crippen molar-refractivity contribution in [2.24, 2.45) is 5.92 Å². The summed E-state index contributed by atoms with van der Waals surface area (Å²) in [5.74, 6) is -1.13. The number of ether oxygens (including phenoxy) is 1. The van der Waals surface area contributed by atoms with Gasteiger partial charge in [0.2, 0.25) is 5.43 Å². The molecule has 0 spiro atoms. The number of hydrogen-bond acceptors (Lipinski definition) is 5. The van der Waals surface area contributed by atoms with Gasteiger partial charge in [-0.15, -0.1) is 0 Å². The van der Waals surface area contributed by atoms with Crippen molar-refractivity contribution in [3.63, 3.8) is 0 Å². The highest BCUT2D eigenvalue weighted by Crippen LogP contribution is 2.44. The van der Waals surface area contributed by atoms with Crippen LogP contribution in [-0.4, -0.2) is 47.9 Å². The third-order valence-corrected chi connectivity index (χ3v) is 7.17. The molecule has 2 unspecified atom stereocenters. The van der Waals surface area contributed by atoms with Gasteiger partial charge in [0.25, 0.3) is 0 Å². The molecule has 2 N–H and O–H groups in total. The van der Waals surface area contributed by atoms with Crippen molar-refractivity contribution in [1.29, 1.82) is 0 Å². The first kappa shape index (κ1) is 21.2. The van der Waals surface area contributed by atoms with Crippen molar-refractivity contribution in [3.05, 3.63) is 33.9 Å². The number of carboxylic acid groups (broad SMARTS) is 1. The van der Waals surface area contributed by atoms with Gasteiger partial charge in [0.1, 0.15) is 11.3 Å². The molecule has 1 aliphatic heterocycles. The zero-order valence-electron chi connectivity index (χ0n) is 18.6. The van der Waals surface area contributed by atoms with Crippen LogP contribution in [0.1, 0.15) is 61.8 Å². The number of hydrogen-bond donors (Lipinski definition) is 2. The zero-order chi connectivity index (χ0) is 22.6. The average Bonchev–Trinajstić information content (AvgIpc) is 3.68. The molecule has 0 bridgehead atoms. The second-order valence-electron chi connectivity index (χ2n) is 9.40. The number of aromatic carboxylic acids is 1. The Kier molecular flexibility index (Phi) is 5.35. The first-order valence-corrected chi connectivity index (χ1v) is 11.6. The maximum atomic E-state index is 15.5. The summed E-state index contributed by atoms with van der Waals surface area (Å²) in [5, 5.41) is 13.3. The predicted molar refractivity (Wildman–Crippen MR) is 121 cm³/mol. The molecule has 1 saturated heterocycles. The number of carboxylic acids is 1. The number of pyridine rings is 1. The largest absolute Gasteiger partial charge is 0.492 e. The number of carbonyl (C=O) groups is 1. The van der Waals surface area contributed by atoms with Crippen LogP contribution in [0.4, 0.5) is 10.1 Å². The summed E-state index contributed by atoms with van der Waals surface area (Å²) in [6, 6.07) is 2.36. The van der Waals surface area contributed by atoms with E-state index in [9.17, 15) is 14.7 Å². The van der Waals surface area contributed by atoms with E-state index in [4.69, 9.17) is 4.74 Å². The van der Waals surface area contributed by atoms with Crippen molar-refractivity contribution >= 4 is 22.6 Å². The number of methoxy groups -OCH3 is 1. The van der Waals surface area contributed by atoms with Gasteiger partial charge in [-0.25, -0.2) is 9.18 Å². The molecule has 2 atom stereocenters. The molecule has 1 aromatic heterocycles. The Morgan fingerprint density at radius 2 is 2.03 bits per heavy atom. The molecule has 172 valence electrons. The number of nitrogens with one attached hydrogen (secondary N) is 1. The van der Waals surface area contributed by atoms with Gasteiger partial charge < -0.3 is 24.6 Å². The Morgan fingerprint density at radius 3 is 2.62 bits per heavy atom. The molecule has 2 heterocycles. The van der Waals surface area contributed by atoms with Gasteiger partial charge in [0.05, 0.1) is 18.0 Å². The number of aromatic nitrogens is 1. The number of fused-ring (bicyclic) bond motifs is 1. The van der Waals surface area contributed by atoms with Crippen LogP contribution in [0.3, 0.4) is 0 Å². The molecule has 3 aliphatic rings. The van der Waals surface area contributed by atoms with Gasteiger partial charge in [-0.3, -0.25) is 4.79 Å². The Morgan fingerprint density at radius 1 is 1.28 bits per heavy atom. The Labute approximate surface area is 186 Å². The van der Waals surface area contributed by atoms with Crippen LogP contribution < -0.4 is 20.4 Å². The molecule has 1 aromatic carbocycles. The lowest BCUT2D eigenvalue weighted by Crippen LogP contribution is -2.50. The SMILES string of the molecule is CCC1CN(c2c(F)cc3c(=O)c(C(=O)O)cn(C4CC4)c3c2OC)CCC1NC1CC1. The van der Waals surface area contributed by atoms with E-state index in [1.165, 1.54) is 32.2 Å². The van der Waals surface area contributed by atoms with E-state index in [0.29, 0.717) is 48.0 Å². The van der Waals surface area contributed by atoms with E-state index in [1.807, 2.05) is 4.90 Å². The Balaban J connectivity index is 1.61. The molecule has 0 amide bonds. The summed E-state index contributed by atoms with van der Waals surface area (Å²) in [6.07, 6.45) is 7.57. The molecule has 2 aromatic rings. The second kappa shape index (κ2) is 8.06. The van der Waals surface area contributed by atoms with Crippen molar-refractivity contribution in [3.8, 4) is 5.75 Å². The van der Waals surface area contributed by atoms with Gasteiger partial charge in [0, 0.05) is 37.4 Å². The topological polar surface area (TPSA) is 83.8 Å². The molecule has 7 nitrogen and oxygen atoms in total. The summed E-state index contributed by atoms with van der Waals surface area (Å²) >= 11 is 0. The van der Waals surface area contributed by atoms with Crippen LogP contribution in [0.15, 0.2) is 17.1 Å². The van der Waals surface area contributed by atoms with Crippen LogP contribution in [0.5, 0.6) is 5.75 Å². The molecule has 3 fully saturated rings. The van der Waals surface area contributed by atoms with Crippen molar-refractivity contribution < 1.29 is 19.0 Å². The monoisotopic (exact) mass is 443 g/mol. The first-order chi connectivity index (χ1) is 15.4. The van der Waals surface area contributed by atoms with Gasteiger partial charge in [-0.1, -0.05) is 13.3 Å².